The number of carbonyl (C=O) groups is 1. The van der Waals surface area contributed by atoms with E-state index < -0.39 is 9.84 Å². The van der Waals surface area contributed by atoms with E-state index in [2.05, 4.69) is 4.90 Å². The third kappa shape index (κ3) is 2.93. The van der Waals surface area contributed by atoms with Crippen LogP contribution in [-0.2, 0) is 9.84 Å². The van der Waals surface area contributed by atoms with Crippen LogP contribution in [-0.4, -0.2) is 67.9 Å². The Balaban J connectivity index is 1.41. The van der Waals surface area contributed by atoms with Crippen molar-refractivity contribution >= 4 is 26.7 Å². The molecule has 2 aliphatic rings. The molecule has 1 aromatic carbocycles. The van der Waals surface area contributed by atoms with Gasteiger partial charge in [-0.3, -0.25) is 9.69 Å². The molecule has 0 N–H and O–H groups in total. The van der Waals surface area contributed by atoms with Crippen LogP contribution >= 0.6 is 0 Å². The normalized spacial score (nSPS) is 24.5. The standard InChI is InChI=1S/C17H20N2O4S/c20-17(16-11-13-3-1-2-4-15(13)23-16)19-8-6-18(7-9-19)14-5-10-24(21,22)12-14/h1-4,11,14H,5-10,12H2. The summed E-state index contributed by atoms with van der Waals surface area (Å²) in [6.07, 6.45) is 0.708. The third-order valence-corrected chi connectivity index (χ3v) is 6.71. The predicted octanol–water partition coefficient (Wildman–Crippen LogP) is 1.38. The van der Waals surface area contributed by atoms with Crippen molar-refractivity contribution in [2.24, 2.45) is 0 Å². The van der Waals surface area contributed by atoms with Gasteiger partial charge in [-0.25, -0.2) is 8.42 Å². The minimum absolute atomic E-state index is 0.0927. The lowest BCUT2D eigenvalue weighted by atomic mass is 10.2. The van der Waals surface area contributed by atoms with Gasteiger partial charge in [-0.05, 0) is 18.6 Å². The van der Waals surface area contributed by atoms with E-state index in [1.807, 2.05) is 24.3 Å². The molecule has 0 radical (unpaired) electrons. The second-order valence-corrected chi connectivity index (χ2v) is 8.76. The molecule has 1 aromatic heterocycles. The Hall–Kier alpha value is -1.86. The van der Waals surface area contributed by atoms with Crippen LogP contribution in [0.5, 0.6) is 0 Å². The third-order valence-electron chi connectivity index (χ3n) is 4.96. The molecule has 2 fully saturated rings. The number of hydrogen-bond acceptors (Lipinski definition) is 5. The number of sulfone groups is 1. The molecule has 2 aromatic rings. The van der Waals surface area contributed by atoms with Gasteiger partial charge in [0, 0.05) is 37.6 Å². The van der Waals surface area contributed by atoms with Crippen LogP contribution in [0.3, 0.4) is 0 Å². The minimum Gasteiger partial charge on any atom is -0.451 e. The molecule has 3 heterocycles. The lowest BCUT2D eigenvalue weighted by molar-refractivity contribution is 0.0561. The van der Waals surface area contributed by atoms with Gasteiger partial charge in [-0.15, -0.1) is 0 Å². The van der Waals surface area contributed by atoms with Crippen molar-refractivity contribution in [2.45, 2.75) is 12.5 Å². The van der Waals surface area contributed by atoms with Crippen LogP contribution in [0.4, 0.5) is 0 Å². The molecule has 0 spiro atoms. The number of nitrogens with zero attached hydrogens (tertiary/aromatic N) is 2. The van der Waals surface area contributed by atoms with Crippen molar-refractivity contribution in [1.82, 2.24) is 9.80 Å². The molecule has 2 aliphatic heterocycles. The van der Waals surface area contributed by atoms with Crippen molar-refractivity contribution < 1.29 is 17.6 Å². The van der Waals surface area contributed by atoms with Crippen LogP contribution in [0, 0.1) is 0 Å². The number of fused-ring (bicyclic) bond motifs is 1. The van der Waals surface area contributed by atoms with Gasteiger partial charge < -0.3 is 9.32 Å². The molecule has 4 rings (SSSR count). The van der Waals surface area contributed by atoms with E-state index in [1.54, 1.807) is 11.0 Å². The van der Waals surface area contributed by atoms with Gasteiger partial charge in [-0.2, -0.15) is 0 Å². The van der Waals surface area contributed by atoms with E-state index in [4.69, 9.17) is 4.42 Å². The number of furan rings is 1. The largest absolute Gasteiger partial charge is 0.451 e. The Labute approximate surface area is 140 Å². The first-order chi connectivity index (χ1) is 11.5. The second-order valence-electron chi connectivity index (χ2n) is 6.53. The first-order valence-corrected chi connectivity index (χ1v) is 10.1. The highest BCUT2D eigenvalue weighted by Crippen LogP contribution is 2.22. The Morgan fingerprint density at radius 2 is 1.88 bits per heavy atom. The molecule has 6 nitrogen and oxygen atoms in total. The molecule has 1 unspecified atom stereocenters. The van der Waals surface area contributed by atoms with Crippen molar-refractivity contribution in [3.63, 3.8) is 0 Å². The maximum atomic E-state index is 12.6. The van der Waals surface area contributed by atoms with Gasteiger partial charge in [0.25, 0.3) is 5.91 Å². The summed E-state index contributed by atoms with van der Waals surface area (Å²) in [4.78, 5) is 16.6. The zero-order chi connectivity index (χ0) is 16.7. The number of para-hydroxylation sites is 1. The average Bonchev–Trinajstić information content (AvgIpc) is 3.17. The van der Waals surface area contributed by atoms with Gasteiger partial charge in [0.15, 0.2) is 15.6 Å². The molecule has 24 heavy (non-hydrogen) atoms. The zero-order valence-corrected chi connectivity index (χ0v) is 14.2. The number of benzene rings is 1. The Morgan fingerprint density at radius 3 is 2.54 bits per heavy atom. The number of amides is 1. The van der Waals surface area contributed by atoms with E-state index in [-0.39, 0.29) is 23.5 Å². The Kier molecular flexibility index (Phi) is 3.85. The summed E-state index contributed by atoms with van der Waals surface area (Å²) in [5.74, 6) is 0.818. The lowest BCUT2D eigenvalue weighted by Gasteiger charge is -2.37. The molecular formula is C17H20N2O4S. The summed E-state index contributed by atoms with van der Waals surface area (Å²) in [5.41, 5.74) is 0.718. The highest BCUT2D eigenvalue weighted by atomic mass is 32.2. The zero-order valence-electron chi connectivity index (χ0n) is 13.3. The van der Waals surface area contributed by atoms with Crippen LogP contribution in [0.15, 0.2) is 34.7 Å². The fourth-order valence-electron chi connectivity index (χ4n) is 3.60. The van der Waals surface area contributed by atoms with E-state index in [0.717, 1.165) is 11.0 Å². The summed E-state index contributed by atoms with van der Waals surface area (Å²) in [5, 5.41) is 0.927. The van der Waals surface area contributed by atoms with Crippen LogP contribution in [0.1, 0.15) is 17.0 Å². The van der Waals surface area contributed by atoms with Crippen molar-refractivity contribution in [3.05, 3.63) is 36.1 Å². The highest BCUT2D eigenvalue weighted by molar-refractivity contribution is 7.91. The molecule has 2 saturated heterocycles. The molecular weight excluding hydrogens is 328 g/mol. The summed E-state index contributed by atoms with van der Waals surface area (Å²) < 4.78 is 28.9. The van der Waals surface area contributed by atoms with Crippen molar-refractivity contribution in [2.75, 3.05) is 37.7 Å². The summed E-state index contributed by atoms with van der Waals surface area (Å²) in [6, 6.07) is 9.47. The first-order valence-electron chi connectivity index (χ1n) is 8.24. The van der Waals surface area contributed by atoms with Gasteiger partial charge >= 0.3 is 0 Å². The molecule has 0 bridgehead atoms. The molecule has 0 saturated carbocycles. The van der Waals surface area contributed by atoms with Crippen LogP contribution in [0.2, 0.25) is 0 Å². The van der Waals surface area contributed by atoms with E-state index in [9.17, 15) is 13.2 Å². The number of hydrogen-bond donors (Lipinski definition) is 0. The smallest absolute Gasteiger partial charge is 0.289 e. The molecule has 128 valence electrons. The fraction of sp³-hybridized carbons (Fsp3) is 0.471. The first kappa shape index (κ1) is 15.7. The van der Waals surface area contributed by atoms with Crippen LogP contribution in [0.25, 0.3) is 11.0 Å². The highest BCUT2D eigenvalue weighted by Gasteiger charge is 2.34. The number of carbonyl (C=O) groups excluding carboxylic acids is 1. The quantitative estimate of drug-likeness (QED) is 0.820. The molecule has 1 atom stereocenters. The van der Waals surface area contributed by atoms with E-state index in [1.165, 1.54) is 0 Å². The lowest BCUT2D eigenvalue weighted by Crippen LogP contribution is -2.52. The Bertz CT molecular complexity index is 833. The summed E-state index contributed by atoms with van der Waals surface area (Å²) >= 11 is 0. The van der Waals surface area contributed by atoms with Gasteiger partial charge in [-0.1, -0.05) is 18.2 Å². The topological polar surface area (TPSA) is 70.8 Å². The number of piperazine rings is 1. The maximum Gasteiger partial charge on any atom is 0.289 e. The molecule has 1 amide bonds. The summed E-state index contributed by atoms with van der Waals surface area (Å²) in [6.45, 7) is 2.64. The fourth-order valence-corrected chi connectivity index (χ4v) is 5.36. The average molecular weight is 348 g/mol. The minimum atomic E-state index is -2.87. The molecule has 7 heteroatoms. The van der Waals surface area contributed by atoms with E-state index in [0.29, 0.717) is 38.4 Å². The van der Waals surface area contributed by atoms with Gasteiger partial charge in [0.05, 0.1) is 11.5 Å². The SMILES string of the molecule is O=C(c1cc2ccccc2o1)N1CCN(C2CCS(=O)(=O)C2)CC1. The van der Waals surface area contributed by atoms with Gasteiger partial charge in [0.1, 0.15) is 5.58 Å². The molecule has 0 aliphatic carbocycles. The second kappa shape index (κ2) is 5.89. The summed E-state index contributed by atoms with van der Waals surface area (Å²) in [7, 11) is -2.87. The Morgan fingerprint density at radius 1 is 1.12 bits per heavy atom. The van der Waals surface area contributed by atoms with Gasteiger partial charge in [0.2, 0.25) is 0 Å². The monoisotopic (exact) mass is 348 g/mol. The van der Waals surface area contributed by atoms with E-state index >= 15 is 0 Å². The predicted molar refractivity (Wildman–Crippen MR) is 90.7 cm³/mol. The van der Waals surface area contributed by atoms with Crippen LogP contribution < -0.4 is 0 Å². The number of rotatable bonds is 2. The van der Waals surface area contributed by atoms with Crippen molar-refractivity contribution in [1.29, 1.82) is 0 Å². The maximum absolute atomic E-state index is 12.6. The van der Waals surface area contributed by atoms with Crippen molar-refractivity contribution in [3.8, 4) is 0 Å².